The fourth-order valence-corrected chi connectivity index (χ4v) is 3.47. The summed E-state index contributed by atoms with van der Waals surface area (Å²) >= 11 is 0. The highest BCUT2D eigenvalue weighted by Gasteiger charge is 2.29. The molecular formula is C19H24FN3O4S. The van der Waals surface area contributed by atoms with Gasteiger partial charge in [-0.05, 0) is 30.7 Å². The van der Waals surface area contributed by atoms with Crippen LogP contribution in [-0.4, -0.2) is 52.4 Å². The number of anilines is 1. The van der Waals surface area contributed by atoms with Crippen LogP contribution in [0.1, 0.15) is 5.56 Å². The Hall–Kier alpha value is -2.65. The Morgan fingerprint density at radius 2 is 1.75 bits per heavy atom. The SMILES string of the molecule is Cc1ccccc1OCCNC(=O)CN(c1ccccc1F)S(=O)(=O)N(C)C. The number of amides is 1. The topological polar surface area (TPSA) is 79.0 Å². The molecule has 152 valence electrons. The Morgan fingerprint density at radius 1 is 1.11 bits per heavy atom. The monoisotopic (exact) mass is 409 g/mol. The average Bonchev–Trinajstić information content (AvgIpc) is 2.65. The van der Waals surface area contributed by atoms with E-state index < -0.39 is 28.5 Å². The van der Waals surface area contributed by atoms with Crippen LogP contribution in [-0.2, 0) is 15.0 Å². The molecule has 28 heavy (non-hydrogen) atoms. The van der Waals surface area contributed by atoms with Gasteiger partial charge in [-0.25, -0.2) is 8.70 Å². The van der Waals surface area contributed by atoms with Crippen molar-refractivity contribution < 1.29 is 22.3 Å². The molecule has 1 N–H and O–H groups in total. The van der Waals surface area contributed by atoms with Crippen LogP contribution in [0.15, 0.2) is 48.5 Å². The smallest absolute Gasteiger partial charge is 0.304 e. The van der Waals surface area contributed by atoms with E-state index in [1.807, 2.05) is 31.2 Å². The fraction of sp³-hybridized carbons (Fsp3) is 0.316. The Labute approximate surface area is 164 Å². The summed E-state index contributed by atoms with van der Waals surface area (Å²) in [6.45, 7) is 1.76. The van der Waals surface area contributed by atoms with Crippen molar-refractivity contribution in [3.63, 3.8) is 0 Å². The highest BCUT2D eigenvalue weighted by atomic mass is 32.2. The Bertz CT molecular complexity index is 919. The molecule has 9 heteroatoms. The van der Waals surface area contributed by atoms with Crippen molar-refractivity contribution in [3.05, 3.63) is 59.9 Å². The number of hydrogen-bond acceptors (Lipinski definition) is 4. The van der Waals surface area contributed by atoms with Crippen LogP contribution in [0.4, 0.5) is 10.1 Å². The minimum Gasteiger partial charge on any atom is -0.491 e. The fourth-order valence-electron chi connectivity index (χ4n) is 2.40. The summed E-state index contributed by atoms with van der Waals surface area (Å²) < 4.78 is 46.5. The van der Waals surface area contributed by atoms with Crippen LogP contribution in [0.5, 0.6) is 5.75 Å². The van der Waals surface area contributed by atoms with E-state index in [1.54, 1.807) is 0 Å². The number of nitrogens with one attached hydrogen (secondary N) is 1. The van der Waals surface area contributed by atoms with Crippen LogP contribution < -0.4 is 14.4 Å². The van der Waals surface area contributed by atoms with Gasteiger partial charge in [0, 0.05) is 14.1 Å². The maximum absolute atomic E-state index is 14.1. The number of halogens is 1. The zero-order valence-electron chi connectivity index (χ0n) is 16.1. The van der Waals surface area contributed by atoms with Crippen molar-refractivity contribution in [3.8, 4) is 5.75 Å². The standard InChI is InChI=1S/C19H24FN3O4S/c1-15-8-4-7-11-18(15)27-13-12-21-19(24)14-23(28(25,26)22(2)3)17-10-6-5-9-16(17)20/h4-11H,12-14H2,1-3H3,(H,21,24). The first-order chi connectivity index (χ1) is 13.2. The third-order valence-corrected chi connectivity index (χ3v) is 5.73. The lowest BCUT2D eigenvalue weighted by molar-refractivity contribution is -0.119. The molecule has 2 aromatic rings. The number of benzene rings is 2. The van der Waals surface area contributed by atoms with Gasteiger partial charge in [-0.3, -0.25) is 4.79 Å². The van der Waals surface area contributed by atoms with E-state index in [4.69, 9.17) is 4.74 Å². The third kappa shape index (κ3) is 5.43. The molecule has 7 nitrogen and oxygen atoms in total. The first-order valence-corrected chi connectivity index (χ1v) is 10.0. The summed E-state index contributed by atoms with van der Waals surface area (Å²) in [4.78, 5) is 12.3. The Balaban J connectivity index is 2.01. The summed E-state index contributed by atoms with van der Waals surface area (Å²) in [5.74, 6) is -0.592. The van der Waals surface area contributed by atoms with Gasteiger partial charge in [0.05, 0.1) is 12.2 Å². The zero-order chi connectivity index (χ0) is 20.7. The molecule has 0 aliphatic heterocycles. The van der Waals surface area contributed by atoms with Gasteiger partial charge in [0.1, 0.15) is 24.7 Å². The van der Waals surface area contributed by atoms with Crippen LogP contribution >= 0.6 is 0 Å². The van der Waals surface area contributed by atoms with E-state index in [0.29, 0.717) is 5.75 Å². The summed E-state index contributed by atoms with van der Waals surface area (Å²) in [5, 5.41) is 2.59. The number of carbonyl (C=O) groups excluding carboxylic acids is 1. The molecular weight excluding hydrogens is 385 g/mol. The van der Waals surface area contributed by atoms with Gasteiger partial charge < -0.3 is 10.1 Å². The third-order valence-electron chi connectivity index (χ3n) is 3.92. The number of hydrogen-bond donors (Lipinski definition) is 1. The average molecular weight is 409 g/mol. The minimum atomic E-state index is -4.05. The largest absolute Gasteiger partial charge is 0.491 e. The van der Waals surface area contributed by atoms with Gasteiger partial charge in [0.2, 0.25) is 5.91 Å². The van der Waals surface area contributed by atoms with E-state index in [-0.39, 0.29) is 18.8 Å². The van der Waals surface area contributed by atoms with E-state index in [1.165, 1.54) is 32.3 Å². The normalized spacial score (nSPS) is 11.3. The lowest BCUT2D eigenvalue weighted by atomic mass is 10.2. The van der Waals surface area contributed by atoms with Gasteiger partial charge in [0.25, 0.3) is 0 Å². The van der Waals surface area contributed by atoms with Crippen LogP contribution in [0.25, 0.3) is 0 Å². The zero-order valence-corrected chi connectivity index (χ0v) is 16.9. The molecule has 0 aromatic heterocycles. The van der Waals surface area contributed by atoms with Crippen molar-refractivity contribution in [1.82, 2.24) is 9.62 Å². The minimum absolute atomic E-state index is 0.181. The molecule has 0 aliphatic rings. The van der Waals surface area contributed by atoms with Crippen molar-refractivity contribution in [2.45, 2.75) is 6.92 Å². The second kappa shape index (κ2) is 9.52. The van der Waals surface area contributed by atoms with Crippen molar-refractivity contribution in [2.75, 3.05) is 38.1 Å². The molecule has 1 amide bonds. The van der Waals surface area contributed by atoms with Gasteiger partial charge in [-0.1, -0.05) is 30.3 Å². The number of para-hydroxylation sites is 2. The maximum atomic E-state index is 14.1. The van der Waals surface area contributed by atoms with Crippen LogP contribution in [0.3, 0.4) is 0 Å². The lowest BCUT2D eigenvalue weighted by Crippen LogP contribution is -2.46. The van der Waals surface area contributed by atoms with Crippen molar-refractivity contribution >= 4 is 21.8 Å². The van der Waals surface area contributed by atoms with Gasteiger partial charge in [-0.2, -0.15) is 12.7 Å². The number of carbonyl (C=O) groups is 1. The molecule has 0 spiro atoms. The van der Waals surface area contributed by atoms with E-state index in [0.717, 1.165) is 20.2 Å². The van der Waals surface area contributed by atoms with E-state index in [2.05, 4.69) is 5.32 Å². The van der Waals surface area contributed by atoms with Crippen LogP contribution in [0.2, 0.25) is 0 Å². The van der Waals surface area contributed by atoms with Gasteiger partial charge in [-0.15, -0.1) is 0 Å². The molecule has 0 atom stereocenters. The highest BCUT2D eigenvalue weighted by molar-refractivity contribution is 7.90. The molecule has 0 aliphatic carbocycles. The molecule has 0 bridgehead atoms. The van der Waals surface area contributed by atoms with Crippen LogP contribution in [0, 0.1) is 12.7 Å². The highest BCUT2D eigenvalue weighted by Crippen LogP contribution is 2.22. The molecule has 0 fully saturated rings. The van der Waals surface area contributed by atoms with Gasteiger partial charge in [0.15, 0.2) is 0 Å². The lowest BCUT2D eigenvalue weighted by Gasteiger charge is -2.27. The van der Waals surface area contributed by atoms with Crippen molar-refractivity contribution in [1.29, 1.82) is 0 Å². The molecule has 0 heterocycles. The number of ether oxygens (including phenoxy) is 1. The molecule has 0 radical (unpaired) electrons. The second-order valence-electron chi connectivity index (χ2n) is 6.21. The van der Waals surface area contributed by atoms with E-state index in [9.17, 15) is 17.6 Å². The predicted molar refractivity (Wildman–Crippen MR) is 106 cm³/mol. The summed E-state index contributed by atoms with van der Waals surface area (Å²) in [7, 11) is -1.42. The maximum Gasteiger partial charge on any atom is 0.304 e. The molecule has 2 aromatic carbocycles. The second-order valence-corrected chi connectivity index (χ2v) is 8.28. The first kappa shape index (κ1) is 21.6. The number of aryl methyl sites for hydroxylation is 1. The number of nitrogens with zero attached hydrogens (tertiary/aromatic N) is 2. The van der Waals surface area contributed by atoms with E-state index >= 15 is 0 Å². The first-order valence-electron chi connectivity index (χ1n) is 8.63. The molecule has 0 unspecified atom stereocenters. The summed E-state index contributed by atoms with van der Waals surface area (Å²) in [5.41, 5.74) is 0.777. The summed E-state index contributed by atoms with van der Waals surface area (Å²) in [6.07, 6.45) is 0. The predicted octanol–water partition coefficient (Wildman–Crippen LogP) is 1.94. The number of rotatable bonds is 9. The Kier molecular flexibility index (Phi) is 7.36. The van der Waals surface area contributed by atoms with Crippen molar-refractivity contribution in [2.24, 2.45) is 0 Å². The molecule has 0 saturated carbocycles. The quantitative estimate of drug-likeness (QED) is 0.642. The molecule has 0 saturated heterocycles. The van der Waals surface area contributed by atoms with Gasteiger partial charge >= 0.3 is 10.2 Å². The molecule has 2 rings (SSSR count). The Morgan fingerprint density at radius 3 is 2.39 bits per heavy atom. The summed E-state index contributed by atoms with van der Waals surface area (Å²) in [6, 6.07) is 12.9.